The monoisotopic (exact) mass is 676 g/mol. The van der Waals surface area contributed by atoms with Crippen molar-refractivity contribution in [3.05, 3.63) is 70.9 Å². The van der Waals surface area contributed by atoms with Gasteiger partial charge in [0, 0.05) is 42.3 Å². The van der Waals surface area contributed by atoms with Crippen LogP contribution >= 0.6 is 11.3 Å². The molecule has 0 atom stereocenters. The Labute approximate surface area is 274 Å². The first-order chi connectivity index (χ1) is 20.6. The number of thiophene rings is 1. The molecule has 11 heteroatoms. The van der Waals surface area contributed by atoms with Gasteiger partial charge in [-0.1, -0.05) is 48.0 Å². The summed E-state index contributed by atoms with van der Waals surface area (Å²) in [6, 6.07) is 15.1. The summed E-state index contributed by atoms with van der Waals surface area (Å²) in [7, 11) is -6.44. The van der Waals surface area contributed by atoms with Crippen molar-refractivity contribution in [2.45, 2.75) is 77.1 Å². The number of hydrogen-bond donors (Lipinski definition) is 0. The van der Waals surface area contributed by atoms with E-state index in [4.69, 9.17) is 0 Å². The van der Waals surface area contributed by atoms with Crippen molar-refractivity contribution in [3.8, 4) is 0 Å². The first-order valence-electron chi connectivity index (χ1n) is 14.8. The Morgan fingerprint density at radius 1 is 0.733 bits per heavy atom. The van der Waals surface area contributed by atoms with Crippen molar-refractivity contribution < 1.29 is 26.4 Å². The number of hydrogen-bond acceptors (Lipinski definition) is 7. The second kappa shape index (κ2) is 16.5. The van der Waals surface area contributed by atoms with Crippen molar-refractivity contribution in [1.82, 2.24) is 0 Å². The average Bonchev–Trinajstić information content (AvgIpc) is 3.68. The minimum atomic E-state index is -3.23. The Hall–Kier alpha value is -3.02. The SMILES string of the molecule is C.CC(C)C(=O)N(CC1CCCC1)c1ccc(S(C)(=O)=O)cc1.CC(C)C(=O)N(Cc1ccsc1)c1ccc(S(C)(=O)=O)cc1. The molecule has 0 bridgehead atoms. The summed E-state index contributed by atoms with van der Waals surface area (Å²) in [6.07, 6.45) is 7.18. The fourth-order valence-corrected chi connectivity index (χ4v) is 6.93. The molecule has 1 saturated carbocycles. The lowest BCUT2D eigenvalue weighted by molar-refractivity contribution is -0.122. The summed E-state index contributed by atoms with van der Waals surface area (Å²) in [5.41, 5.74) is 2.56. The lowest BCUT2D eigenvalue weighted by atomic mass is 10.1. The first-order valence-corrected chi connectivity index (χ1v) is 19.5. The molecule has 3 aromatic rings. The van der Waals surface area contributed by atoms with E-state index in [0.29, 0.717) is 18.2 Å². The minimum Gasteiger partial charge on any atom is -0.312 e. The van der Waals surface area contributed by atoms with Crippen LogP contribution in [0.5, 0.6) is 0 Å². The van der Waals surface area contributed by atoms with Gasteiger partial charge >= 0.3 is 0 Å². The van der Waals surface area contributed by atoms with Crippen LogP contribution in [0.4, 0.5) is 11.4 Å². The van der Waals surface area contributed by atoms with E-state index in [0.717, 1.165) is 17.8 Å². The zero-order valence-electron chi connectivity index (χ0n) is 26.4. The topological polar surface area (TPSA) is 109 Å². The summed E-state index contributed by atoms with van der Waals surface area (Å²) in [5, 5.41) is 3.98. The number of nitrogens with zero attached hydrogens (tertiary/aromatic N) is 2. The van der Waals surface area contributed by atoms with E-state index in [-0.39, 0.29) is 40.9 Å². The average molecular weight is 677 g/mol. The van der Waals surface area contributed by atoms with E-state index in [1.54, 1.807) is 64.8 Å². The van der Waals surface area contributed by atoms with Crippen LogP contribution in [0, 0.1) is 17.8 Å². The maximum absolute atomic E-state index is 12.5. The lowest BCUT2D eigenvalue weighted by Gasteiger charge is -2.27. The first kappa shape index (κ1) is 38.2. The van der Waals surface area contributed by atoms with Gasteiger partial charge in [-0.3, -0.25) is 9.59 Å². The van der Waals surface area contributed by atoms with Crippen molar-refractivity contribution in [1.29, 1.82) is 0 Å². The summed E-state index contributed by atoms with van der Waals surface area (Å²) < 4.78 is 46.2. The van der Waals surface area contributed by atoms with Crippen LogP contribution < -0.4 is 9.80 Å². The zero-order chi connectivity index (χ0) is 32.7. The Balaban J connectivity index is 0.000000307. The van der Waals surface area contributed by atoms with Gasteiger partial charge in [0.15, 0.2) is 19.7 Å². The van der Waals surface area contributed by atoms with Gasteiger partial charge in [0.2, 0.25) is 11.8 Å². The smallest absolute Gasteiger partial charge is 0.229 e. The number of anilines is 2. The molecular weight excluding hydrogens is 629 g/mol. The molecule has 2 amide bonds. The lowest BCUT2D eigenvalue weighted by Crippen LogP contribution is -2.37. The quantitative estimate of drug-likeness (QED) is 0.224. The molecule has 1 aromatic heterocycles. The zero-order valence-corrected chi connectivity index (χ0v) is 28.8. The Kier molecular flexibility index (Phi) is 14.0. The number of amides is 2. The van der Waals surface area contributed by atoms with Crippen LogP contribution in [0.3, 0.4) is 0 Å². The van der Waals surface area contributed by atoms with E-state index < -0.39 is 19.7 Å². The molecule has 4 rings (SSSR count). The van der Waals surface area contributed by atoms with Crippen molar-refractivity contribution in [3.63, 3.8) is 0 Å². The molecule has 8 nitrogen and oxygen atoms in total. The standard InChI is InChI=1S/C17H25NO3S.C16H19NO3S2.CH4/c1-13(2)17(19)18(12-14-6-4-5-7-14)15-8-10-16(11-9-15)22(3,20)21;1-12(2)16(18)17(10-13-8-9-21-11-13)14-4-6-15(7-5-14)22(3,19)20;/h8-11,13-14H,4-7,12H2,1-3H3;4-9,11-12H,10H2,1-3H3;1H4. The van der Waals surface area contributed by atoms with Gasteiger partial charge in [0.25, 0.3) is 0 Å². The van der Waals surface area contributed by atoms with Crippen LogP contribution in [0.15, 0.2) is 75.1 Å². The molecule has 1 aliphatic rings. The highest BCUT2D eigenvalue weighted by molar-refractivity contribution is 7.91. The third-order valence-corrected chi connectivity index (χ3v) is 10.5. The van der Waals surface area contributed by atoms with E-state index in [2.05, 4.69) is 0 Å². The van der Waals surface area contributed by atoms with E-state index in [1.807, 2.05) is 49.4 Å². The summed E-state index contributed by atoms with van der Waals surface area (Å²) >= 11 is 1.59. The molecule has 0 aliphatic heterocycles. The third-order valence-electron chi connectivity index (χ3n) is 7.51. The molecule has 45 heavy (non-hydrogen) atoms. The highest BCUT2D eigenvalue weighted by atomic mass is 32.2. The van der Waals surface area contributed by atoms with E-state index in [9.17, 15) is 26.4 Å². The Morgan fingerprint density at radius 2 is 1.16 bits per heavy atom. The van der Waals surface area contributed by atoms with Gasteiger partial charge in [-0.05, 0) is 89.7 Å². The maximum Gasteiger partial charge on any atom is 0.229 e. The number of rotatable bonds is 10. The highest BCUT2D eigenvalue weighted by Gasteiger charge is 2.25. The second-order valence-electron chi connectivity index (χ2n) is 12.0. The molecule has 0 saturated heterocycles. The summed E-state index contributed by atoms with van der Waals surface area (Å²) in [6.45, 7) is 8.72. The molecule has 248 valence electrons. The second-order valence-corrected chi connectivity index (χ2v) is 16.8. The molecule has 1 aliphatic carbocycles. The molecule has 2 aromatic carbocycles. The predicted molar refractivity (Wildman–Crippen MR) is 185 cm³/mol. The molecule has 0 radical (unpaired) electrons. The van der Waals surface area contributed by atoms with Crippen molar-refractivity contribution in [2.75, 3.05) is 28.9 Å². The van der Waals surface area contributed by atoms with Crippen molar-refractivity contribution >= 4 is 54.2 Å². The van der Waals surface area contributed by atoms with Crippen LogP contribution in [0.25, 0.3) is 0 Å². The minimum absolute atomic E-state index is 0. The van der Waals surface area contributed by atoms with Gasteiger partial charge in [-0.2, -0.15) is 11.3 Å². The van der Waals surface area contributed by atoms with Gasteiger partial charge in [-0.25, -0.2) is 16.8 Å². The summed E-state index contributed by atoms with van der Waals surface area (Å²) in [4.78, 5) is 29.0. The Morgan fingerprint density at radius 3 is 1.53 bits per heavy atom. The number of carbonyl (C=O) groups is 2. The molecule has 0 unspecified atom stereocenters. The van der Waals surface area contributed by atoms with Crippen LogP contribution in [0.1, 0.15) is 66.4 Å². The van der Waals surface area contributed by atoms with E-state index in [1.165, 1.54) is 38.2 Å². The number of carbonyl (C=O) groups excluding carboxylic acids is 2. The van der Waals surface area contributed by atoms with Crippen LogP contribution in [-0.4, -0.2) is 47.7 Å². The van der Waals surface area contributed by atoms with E-state index >= 15 is 0 Å². The molecular formula is C34H48N2O6S3. The summed E-state index contributed by atoms with van der Waals surface area (Å²) in [5.74, 6) is 0.457. The molecule has 0 N–H and O–H groups in total. The van der Waals surface area contributed by atoms with Gasteiger partial charge in [0.1, 0.15) is 0 Å². The third kappa shape index (κ3) is 11.1. The van der Waals surface area contributed by atoms with Gasteiger partial charge in [0.05, 0.1) is 16.3 Å². The van der Waals surface area contributed by atoms with Crippen molar-refractivity contribution in [2.24, 2.45) is 17.8 Å². The predicted octanol–water partition coefficient (Wildman–Crippen LogP) is 7.25. The number of benzene rings is 2. The fourth-order valence-electron chi connectivity index (χ4n) is 5.01. The largest absolute Gasteiger partial charge is 0.312 e. The molecule has 1 fully saturated rings. The van der Waals surface area contributed by atoms with Crippen LogP contribution in [-0.2, 0) is 35.8 Å². The van der Waals surface area contributed by atoms with Crippen LogP contribution in [0.2, 0.25) is 0 Å². The molecule has 1 heterocycles. The fraction of sp³-hybridized carbons (Fsp3) is 0.471. The Bertz CT molecular complexity index is 1590. The number of sulfone groups is 2. The highest BCUT2D eigenvalue weighted by Crippen LogP contribution is 2.29. The van der Waals surface area contributed by atoms with Gasteiger partial charge in [-0.15, -0.1) is 0 Å². The maximum atomic E-state index is 12.5. The van der Waals surface area contributed by atoms with Gasteiger partial charge < -0.3 is 9.80 Å². The molecule has 0 spiro atoms. The normalized spacial score (nSPS) is 13.6.